The van der Waals surface area contributed by atoms with Crippen LogP contribution in [0.5, 0.6) is 0 Å². The van der Waals surface area contributed by atoms with Crippen molar-refractivity contribution in [3.63, 3.8) is 0 Å². The Morgan fingerprint density at radius 3 is 2.51 bits per heavy atom. The van der Waals surface area contributed by atoms with Crippen molar-refractivity contribution in [1.82, 2.24) is 9.88 Å². The third-order valence-electron chi connectivity index (χ3n) is 11.4. The highest BCUT2D eigenvalue weighted by Crippen LogP contribution is 2.66. The van der Waals surface area contributed by atoms with Crippen molar-refractivity contribution in [2.45, 2.75) is 84.3 Å². The lowest BCUT2D eigenvalue weighted by molar-refractivity contribution is -0.153. The molecular weight excluding hydrogens is 571 g/mol. The smallest absolute Gasteiger partial charge is 0.323 e. The summed E-state index contributed by atoms with van der Waals surface area (Å²) < 4.78 is 19.2. The second kappa shape index (κ2) is 12.5. The van der Waals surface area contributed by atoms with Crippen molar-refractivity contribution in [3.05, 3.63) is 83.5 Å². The number of aliphatic carboxylic acids is 1. The summed E-state index contributed by atoms with van der Waals surface area (Å²) in [5.74, 6) is -0.567. The Hall–Kier alpha value is -3.81. The Bertz CT molecular complexity index is 1500. The minimum absolute atomic E-state index is 0.0266. The molecule has 0 saturated heterocycles. The van der Waals surface area contributed by atoms with Crippen LogP contribution >= 0.6 is 0 Å². The maximum Gasteiger partial charge on any atom is 0.323 e. The number of rotatable bonds is 9. The zero-order valence-electron chi connectivity index (χ0n) is 26.2. The van der Waals surface area contributed by atoms with Gasteiger partial charge < -0.3 is 14.7 Å². The summed E-state index contributed by atoms with van der Waals surface area (Å²) in [6.45, 7) is 4.42. The van der Waals surface area contributed by atoms with Gasteiger partial charge in [0.1, 0.15) is 18.5 Å². The summed E-state index contributed by atoms with van der Waals surface area (Å²) in [5.41, 5.74) is 5.04. The fourth-order valence-corrected chi connectivity index (χ4v) is 9.08. The van der Waals surface area contributed by atoms with Gasteiger partial charge in [0, 0.05) is 31.8 Å². The van der Waals surface area contributed by atoms with Crippen LogP contribution in [-0.4, -0.2) is 45.5 Å². The number of ether oxygens (including phenoxy) is 1. The van der Waals surface area contributed by atoms with Gasteiger partial charge in [0.2, 0.25) is 5.91 Å². The van der Waals surface area contributed by atoms with Gasteiger partial charge in [-0.2, -0.15) is 0 Å². The van der Waals surface area contributed by atoms with Gasteiger partial charge in [-0.25, -0.2) is 4.39 Å². The van der Waals surface area contributed by atoms with Gasteiger partial charge in [0.05, 0.1) is 6.42 Å². The summed E-state index contributed by atoms with van der Waals surface area (Å²) >= 11 is 0. The number of nitrogens with zero attached hydrogens (tertiary/aromatic N) is 2. The van der Waals surface area contributed by atoms with Crippen molar-refractivity contribution in [2.24, 2.45) is 28.6 Å². The molecule has 4 aliphatic carbocycles. The van der Waals surface area contributed by atoms with Gasteiger partial charge in [0.15, 0.2) is 0 Å². The maximum atomic E-state index is 13.3. The zero-order chi connectivity index (χ0) is 31.8. The number of carbonyl (C=O) groups is 3. The van der Waals surface area contributed by atoms with E-state index in [1.54, 1.807) is 0 Å². The molecule has 1 aromatic heterocycles. The number of hydrogen-bond donors (Lipinski definition) is 1. The van der Waals surface area contributed by atoms with Gasteiger partial charge >= 0.3 is 11.9 Å². The third kappa shape index (κ3) is 6.21. The first-order valence-corrected chi connectivity index (χ1v) is 16.3. The Balaban J connectivity index is 1.04. The number of allylic oxidation sites excluding steroid dienone is 3. The van der Waals surface area contributed by atoms with Gasteiger partial charge in [-0.1, -0.05) is 49.8 Å². The first-order chi connectivity index (χ1) is 21.6. The molecule has 1 aromatic carbocycles. The number of hydrogen-bond acceptors (Lipinski definition) is 5. The average molecular weight is 615 g/mol. The lowest BCUT2D eigenvalue weighted by Crippen LogP contribution is -2.50. The Morgan fingerprint density at radius 1 is 1.00 bits per heavy atom. The predicted octanol–water partition coefficient (Wildman–Crippen LogP) is 6.98. The molecule has 2 aromatic rings. The molecule has 1 amide bonds. The molecule has 2 saturated carbocycles. The van der Waals surface area contributed by atoms with Crippen LogP contribution in [0, 0.1) is 34.4 Å². The topological polar surface area (TPSA) is 96.8 Å². The molecule has 238 valence electrons. The maximum absolute atomic E-state index is 13.3. The van der Waals surface area contributed by atoms with E-state index in [1.165, 1.54) is 58.7 Å². The van der Waals surface area contributed by atoms with E-state index in [4.69, 9.17) is 4.74 Å². The molecule has 0 unspecified atom stereocenters. The van der Waals surface area contributed by atoms with E-state index < -0.39 is 30.2 Å². The standard InChI is InChI=1S/C37H43FN2O5/c1-36-17-15-28(45-35(44)14-13-33(41)40(23-34(42)43)22-24-5-8-27(38)9-6-24)20-26(36)7-10-29-31-12-11-30(25-4-3-19-39-21-25)37(31,2)18-16-32(29)36/h3-9,11,19,21,28-29,31-32H,10,12-18,20,22-23H2,1-2H3,(H,42,43)/t28-,29-,31-,32-,36-,37+/m0/s1. The van der Waals surface area contributed by atoms with Gasteiger partial charge in [-0.05, 0) is 102 Å². The molecule has 2 fully saturated rings. The molecule has 1 N–H and O–H groups in total. The van der Waals surface area contributed by atoms with Crippen LogP contribution in [0.15, 0.2) is 66.5 Å². The second-order valence-corrected chi connectivity index (χ2v) is 13.9. The van der Waals surface area contributed by atoms with E-state index in [1.807, 2.05) is 18.5 Å². The number of carboxylic acid groups (broad SMARTS) is 1. The Kier molecular flexibility index (Phi) is 8.68. The second-order valence-electron chi connectivity index (χ2n) is 13.9. The number of amides is 1. The summed E-state index contributed by atoms with van der Waals surface area (Å²) in [5, 5.41) is 9.30. The first kappa shape index (κ1) is 31.2. The number of carbonyl (C=O) groups excluding carboxylic acids is 2. The molecule has 0 bridgehead atoms. The van der Waals surface area contributed by atoms with Crippen molar-refractivity contribution in [2.75, 3.05) is 6.54 Å². The minimum atomic E-state index is -1.15. The summed E-state index contributed by atoms with van der Waals surface area (Å²) in [4.78, 5) is 42.7. The number of halogens is 1. The lowest BCUT2D eigenvalue weighted by atomic mass is 9.47. The molecular formula is C37H43FN2O5. The lowest BCUT2D eigenvalue weighted by Gasteiger charge is -2.57. The SMILES string of the molecule is C[C@]12CC[C@H](OC(=O)CCC(=O)N(CC(=O)O)Cc3ccc(F)cc3)CC1=CC[C@@H]1[C@@H]2CC[C@]2(C)C(c3cccnc3)=CC[C@@H]12. The van der Waals surface area contributed by atoms with E-state index >= 15 is 0 Å². The third-order valence-corrected chi connectivity index (χ3v) is 11.4. The quantitative estimate of drug-likeness (QED) is 0.242. The molecule has 0 spiro atoms. The molecule has 1 heterocycles. The largest absolute Gasteiger partial charge is 0.480 e. The molecule has 8 heteroatoms. The van der Waals surface area contributed by atoms with E-state index in [0.717, 1.165) is 32.1 Å². The van der Waals surface area contributed by atoms with Gasteiger partial charge in [-0.3, -0.25) is 19.4 Å². The van der Waals surface area contributed by atoms with Crippen LogP contribution in [0.25, 0.3) is 5.57 Å². The molecule has 6 atom stereocenters. The van der Waals surface area contributed by atoms with Gasteiger partial charge in [-0.15, -0.1) is 0 Å². The predicted molar refractivity (Wildman–Crippen MR) is 168 cm³/mol. The number of carboxylic acids is 1. The number of benzene rings is 1. The zero-order valence-corrected chi connectivity index (χ0v) is 26.2. The summed E-state index contributed by atoms with van der Waals surface area (Å²) in [7, 11) is 0. The van der Waals surface area contributed by atoms with Crippen LogP contribution in [0.2, 0.25) is 0 Å². The number of esters is 1. The number of fused-ring (bicyclic) bond motifs is 5. The van der Waals surface area contributed by atoms with Crippen LogP contribution in [-0.2, 0) is 25.7 Å². The molecule has 0 radical (unpaired) electrons. The Morgan fingerprint density at radius 2 is 1.78 bits per heavy atom. The molecule has 7 nitrogen and oxygen atoms in total. The van der Waals surface area contributed by atoms with Crippen LogP contribution in [0.4, 0.5) is 4.39 Å². The van der Waals surface area contributed by atoms with Crippen molar-refractivity contribution < 1.29 is 28.6 Å². The highest BCUT2D eigenvalue weighted by atomic mass is 19.1. The van der Waals surface area contributed by atoms with E-state index in [-0.39, 0.29) is 36.3 Å². The Labute approximate surface area is 264 Å². The minimum Gasteiger partial charge on any atom is -0.480 e. The van der Waals surface area contributed by atoms with E-state index in [0.29, 0.717) is 23.3 Å². The molecule has 4 aliphatic rings. The first-order valence-electron chi connectivity index (χ1n) is 16.3. The van der Waals surface area contributed by atoms with E-state index in [2.05, 4.69) is 37.0 Å². The van der Waals surface area contributed by atoms with E-state index in [9.17, 15) is 23.9 Å². The van der Waals surface area contributed by atoms with Crippen LogP contribution in [0.1, 0.15) is 82.8 Å². The molecule has 0 aliphatic heterocycles. The fraction of sp³-hybridized carbons (Fsp3) is 0.514. The highest BCUT2D eigenvalue weighted by molar-refractivity contribution is 5.84. The summed E-state index contributed by atoms with van der Waals surface area (Å²) in [6.07, 6.45) is 15.4. The van der Waals surface area contributed by atoms with Gasteiger partial charge in [0.25, 0.3) is 0 Å². The monoisotopic (exact) mass is 614 g/mol. The summed E-state index contributed by atoms with van der Waals surface area (Å²) in [6, 6.07) is 9.79. The average Bonchev–Trinajstić information content (AvgIpc) is 3.38. The number of pyridine rings is 1. The van der Waals surface area contributed by atoms with Crippen LogP contribution < -0.4 is 0 Å². The molecule has 6 rings (SSSR count). The van der Waals surface area contributed by atoms with Crippen molar-refractivity contribution >= 4 is 23.4 Å². The van der Waals surface area contributed by atoms with Crippen LogP contribution in [0.3, 0.4) is 0 Å². The molecule has 45 heavy (non-hydrogen) atoms. The fourth-order valence-electron chi connectivity index (χ4n) is 9.08. The highest BCUT2D eigenvalue weighted by Gasteiger charge is 2.57. The normalized spacial score (nSPS) is 30.2. The number of aromatic nitrogens is 1. The van der Waals surface area contributed by atoms with Crippen molar-refractivity contribution in [3.8, 4) is 0 Å². The van der Waals surface area contributed by atoms with Crippen molar-refractivity contribution in [1.29, 1.82) is 0 Å².